The van der Waals surface area contributed by atoms with Crippen LogP contribution in [0.1, 0.15) is 132 Å². The molecule has 4 rings (SSSR count). The highest BCUT2D eigenvalue weighted by Crippen LogP contribution is 2.72. The summed E-state index contributed by atoms with van der Waals surface area (Å²) in [6, 6.07) is 0. The van der Waals surface area contributed by atoms with Crippen LogP contribution in [-0.4, -0.2) is 35.9 Å². The van der Waals surface area contributed by atoms with Crippen molar-refractivity contribution in [1.82, 2.24) is 0 Å². The SMILES string of the molecule is COC(=O)CC(=O)O[C@H]1CC[C@]2(C)C3=C(CC[C@H]2C1(C)C)[C@]1(C)CC[C@H]([C@H](C)CCCC(C)(C)O)[C@@]1(C)CC3. The molecule has 0 aromatic heterocycles. The van der Waals surface area contributed by atoms with E-state index in [2.05, 4.69) is 46.3 Å². The Morgan fingerprint density at radius 3 is 2.31 bits per heavy atom. The van der Waals surface area contributed by atoms with Crippen LogP contribution in [0.3, 0.4) is 0 Å². The number of carbonyl (C=O) groups is 2. The molecule has 4 aliphatic rings. The van der Waals surface area contributed by atoms with Crippen molar-refractivity contribution in [2.75, 3.05) is 7.11 Å². The number of hydrogen-bond acceptors (Lipinski definition) is 5. The summed E-state index contributed by atoms with van der Waals surface area (Å²) >= 11 is 0. The van der Waals surface area contributed by atoms with E-state index in [0.717, 1.165) is 44.4 Å². The molecule has 39 heavy (non-hydrogen) atoms. The van der Waals surface area contributed by atoms with Gasteiger partial charge in [-0.1, -0.05) is 65.5 Å². The van der Waals surface area contributed by atoms with E-state index in [9.17, 15) is 14.7 Å². The molecule has 4 aliphatic carbocycles. The molecule has 7 atom stereocenters. The minimum Gasteiger partial charge on any atom is -0.469 e. The Labute approximate surface area is 237 Å². The Bertz CT molecular complexity index is 988. The van der Waals surface area contributed by atoms with E-state index in [1.165, 1.54) is 39.2 Å². The summed E-state index contributed by atoms with van der Waals surface area (Å²) in [7, 11) is 1.31. The van der Waals surface area contributed by atoms with E-state index < -0.39 is 17.5 Å². The van der Waals surface area contributed by atoms with Crippen molar-refractivity contribution in [3.8, 4) is 0 Å². The Morgan fingerprint density at radius 1 is 0.974 bits per heavy atom. The summed E-state index contributed by atoms with van der Waals surface area (Å²) in [4.78, 5) is 24.1. The number of rotatable bonds is 8. The van der Waals surface area contributed by atoms with Gasteiger partial charge in [-0.3, -0.25) is 9.59 Å². The molecule has 0 bridgehead atoms. The molecule has 0 unspecified atom stereocenters. The third-order valence-corrected chi connectivity index (χ3v) is 12.7. The molecule has 0 heterocycles. The maximum Gasteiger partial charge on any atom is 0.317 e. The first kappa shape index (κ1) is 30.6. The number of methoxy groups -OCH3 is 1. The summed E-state index contributed by atoms with van der Waals surface area (Å²) in [5.41, 5.74) is 3.53. The van der Waals surface area contributed by atoms with Gasteiger partial charge in [-0.15, -0.1) is 0 Å². The molecular weight excluding hydrogens is 488 g/mol. The molecule has 0 spiro atoms. The van der Waals surface area contributed by atoms with Crippen LogP contribution in [0.2, 0.25) is 0 Å². The molecule has 0 amide bonds. The molecule has 1 N–H and O–H groups in total. The van der Waals surface area contributed by atoms with Crippen LogP contribution in [0.4, 0.5) is 0 Å². The zero-order valence-electron chi connectivity index (χ0n) is 26.4. The molecule has 0 aromatic carbocycles. The van der Waals surface area contributed by atoms with Gasteiger partial charge in [0, 0.05) is 5.41 Å². The Kier molecular flexibility index (Phi) is 8.22. The highest BCUT2D eigenvalue weighted by molar-refractivity contribution is 5.91. The van der Waals surface area contributed by atoms with Gasteiger partial charge in [0.2, 0.25) is 0 Å². The summed E-state index contributed by atoms with van der Waals surface area (Å²) < 4.78 is 10.6. The number of ether oxygens (including phenoxy) is 2. The lowest BCUT2D eigenvalue weighted by atomic mass is 9.43. The Hall–Kier alpha value is -1.36. The third kappa shape index (κ3) is 5.24. The lowest BCUT2D eigenvalue weighted by Crippen LogP contribution is -2.55. The second-order valence-electron chi connectivity index (χ2n) is 15.6. The van der Waals surface area contributed by atoms with E-state index >= 15 is 0 Å². The Balaban J connectivity index is 1.54. The van der Waals surface area contributed by atoms with Crippen molar-refractivity contribution in [2.24, 2.45) is 39.4 Å². The standard InChI is InChI=1S/C34H56O5/c1-22(11-10-17-30(2,3)37)23-14-19-34(8)25-12-13-26-31(4,5)27(39-29(36)21-28(35)38-9)16-18-32(26,6)24(25)15-20-33(23,34)7/h22-23,26-27,37H,10-21H2,1-9H3/t22-,23-,26+,27+,32-,33-,34+/m1/s1. The number of fused-ring (bicyclic) bond motifs is 4. The molecule has 0 aromatic rings. The lowest BCUT2D eigenvalue weighted by Gasteiger charge is -2.62. The predicted molar refractivity (Wildman–Crippen MR) is 155 cm³/mol. The molecule has 0 aliphatic heterocycles. The second-order valence-corrected chi connectivity index (χ2v) is 15.6. The van der Waals surface area contributed by atoms with Gasteiger partial charge in [-0.25, -0.2) is 0 Å². The molecule has 0 radical (unpaired) electrons. The van der Waals surface area contributed by atoms with Crippen LogP contribution in [0.5, 0.6) is 0 Å². The van der Waals surface area contributed by atoms with Gasteiger partial charge in [-0.05, 0) is 106 Å². The van der Waals surface area contributed by atoms with Crippen LogP contribution < -0.4 is 0 Å². The molecule has 5 nitrogen and oxygen atoms in total. The first-order valence-electron chi connectivity index (χ1n) is 15.7. The first-order valence-corrected chi connectivity index (χ1v) is 15.7. The van der Waals surface area contributed by atoms with Gasteiger partial charge >= 0.3 is 11.9 Å². The zero-order chi connectivity index (χ0) is 29.0. The zero-order valence-corrected chi connectivity index (χ0v) is 26.4. The van der Waals surface area contributed by atoms with Gasteiger partial charge in [0.15, 0.2) is 0 Å². The summed E-state index contributed by atoms with van der Waals surface area (Å²) in [6.45, 7) is 18.6. The number of hydrogen-bond donors (Lipinski definition) is 1. The number of carbonyl (C=O) groups excluding carboxylic acids is 2. The van der Waals surface area contributed by atoms with Crippen molar-refractivity contribution >= 4 is 11.9 Å². The fourth-order valence-electron chi connectivity index (χ4n) is 10.3. The monoisotopic (exact) mass is 544 g/mol. The largest absolute Gasteiger partial charge is 0.469 e. The minimum atomic E-state index is -0.571. The highest BCUT2D eigenvalue weighted by atomic mass is 16.6. The van der Waals surface area contributed by atoms with Crippen LogP contribution in [0, 0.1) is 39.4 Å². The molecule has 0 saturated heterocycles. The fraction of sp³-hybridized carbons (Fsp3) is 0.882. The second kappa shape index (κ2) is 10.5. The molecule has 5 heteroatoms. The van der Waals surface area contributed by atoms with E-state index in [0.29, 0.717) is 17.3 Å². The van der Waals surface area contributed by atoms with Gasteiger partial charge in [0.1, 0.15) is 12.5 Å². The van der Waals surface area contributed by atoms with E-state index in [-0.39, 0.29) is 28.8 Å². The number of esters is 2. The topological polar surface area (TPSA) is 72.8 Å². The molecule has 2 fully saturated rings. The first-order chi connectivity index (χ1) is 18.0. The van der Waals surface area contributed by atoms with Crippen molar-refractivity contribution in [2.45, 2.75) is 144 Å². The maximum atomic E-state index is 12.5. The maximum absolute atomic E-state index is 12.5. The molecule has 2 saturated carbocycles. The van der Waals surface area contributed by atoms with Crippen LogP contribution in [0.15, 0.2) is 11.1 Å². The van der Waals surface area contributed by atoms with Gasteiger partial charge in [0.25, 0.3) is 0 Å². The lowest BCUT2D eigenvalue weighted by molar-refractivity contribution is -0.172. The average Bonchev–Trinajstić information content (AvgIpc) is 3.11. The van der Waals surface area contributed by atoms with Gasteiger partial charge < -0.3 is 14.6 Å². The highest BCUT2D eigenvalue weighted by Gasteiger charge is 2.63. The van der Waals surface area contributed by atoms with Crippen molar-refractivity contribution in [1.29, 1.82) is 0 Å². The van der Waals surface area contributed by atoms with Crippen molar-refractivity contribution < 1.29 is 24.2 Å². The van der Waals surface area contributed by atoms with Crippen molar-refractivity contribution in [3.63, 3.8) is 0 Å². The summed E-state index contributed by atoms with van der Waals surface area (Å²) in [5.74, 6) is 0.881. The number of aliphatic hydroxyl groups is 1. The van der Waals surface area contributed by atoms with Gasteiger partial charge in [-0.2, -0.15) is 0 Å². The van der Waals surface area contributed by atoms with E-state index in [1.54, 1.807) is 11.1 Å². The third-order valence-electron chi connectivity index (χ3n) is 12.7. The van der Waals surface area contributed by atoms with E-state index in [4.69, 9.17) is 4.74 Å². The van der Waals surface area contributed by atoms with Crippen LogP contribution >= 0.6 is 0 Å². The van der Waals surface area contributed by atoms with E-state index in [1.807, 2.05) is 13.8 Å². The normalized spacial score (nSPS) is 38.4. The quantitative estimate of drug-likeness (QED) is 0.192. The average molecular weight is 545 g/mol. The summed E-state index contributed by atoms with van der Waals surface area (Å²) in [6.07, 6.45) is 12.0. The Morgan fingerprint density at radius 2 is 1.67 bits per heavy atom. The fourth-order valence-corrected chi connectivity index (χ4v) is 10.3. The predicted octanol–water partition coefficient (Wildman–Crippen LogP) is 7.79. The summed E-state index contributed by atoms with van der Waals surface area (Å²) in [5, 5.41) is 10.2. The minimum absolute atomic E-state index is 0.142. The van der Waals surface area contributed by atoms with Crippen LogP contribution in [-0.2, 0) is 19.1 Å². The van der Waals surface area contributed by atoms with Crippen LogP contribution in [0.25, 0.3) is 0 Å². The smallest absolute Gasteiger partial charge is 0.317 e. The van der Waals surface area contributed by atoms with Gasteiger partial charge in [0.05, 0.1) is 12.7 Å². The number of allylic oxidation sites excluding steroid dienone is 2. The van der Waals surface area contributed by atoms with Crippen molar-refractivity contribution in [3.05, 3.63) is 11.1 Å². The molecule has 222 valence electrons. The molecular formula is C34H56O5.